The van der Waals surface area contributed by atoms with E-state index in [1.165, 1.54) is 0 Å². The predicted octanol–water partition coefficient (Wildman–Crippen LogP) is 2.82. The molecule has 0 spiro atoms. The summed E-state index contributed by atoms with van der Waals surface area (Å²) >= 11 is 4.10. The lowest BCUT2D eigenvalue weighted by molar-refractivity contribution is -0.154. The van der Waals surface area contributed by atoms with Crippen LogP contribution in [0.15, 0.2) is 0 Å². The molecule has 3 heteroatoms. The second-order valence-electron chi connectivity index (χ2n) is 4.12. The molecule has 0 fully saturated rings. The van der Waals surface area contributed by atoms with Crippen LogP contribution in [0.25, 0.3) is 0 Å². The lowest BCUT2D eigenvalue weighted by atomic mass is 10.2. The minimum absolute atomic E-state index is 0.0911. The van der Waals surface area contributed by atoms with Crippen molar-refractivity contribution in [1.82, 2.24) is 0 Å². The van der Waals surface area contributed by atoms with Gasteiger partial charge in [-0.1, -0.05) is 6.42 Å². The van der Waals surface area contributed by atoms with E-state index in [2.05, 4.69) is 12.6 Å². The summed E-state index contributed by atoms with van der Waals surface area (Å²) < 4.78 is 5.16. The average Bonchev–Trinajstić information content (AvgIpc) is 1.94. The molecule has 78 valence electrons. The van der Waals surface area contributed by atoms with Gasteiger partial charge in [-0.05, 0) is 39.4 Å². The quantitative estimate of drug-likeness (QED) is 0.423. The summed E-state index contributed by atoms with van der Waals surface area (Å²) in [7, 11) is 0. The summed E-state index contributed by atoms with van der Waals surface area (Å²) in [6, 6.07) is 0. The minimum Gasteiger partial charge on any atom is -0.460 e. The number of carbonyl (C=O) groups is 1. The van der Waals surface area contributed by atoms with E-state index >= 15 is 0 Å². The SMILES string of the molecule is CC(C)(C)OC(=O)CCCCCS. The Morgan fingerprint density at radius 3 is 2.31 bits per heavy atom. The van der Waals surface area contributed by atoms with Crippen molar-refractivity contribution in [3.8, 4) is 0 Å². The summed E-state index contributed by atoms with van der Waals surface area (Å²) in [6.07, 6.45) is 3.58. The van der Waals surface area contributed by atoms with Crippen LogP contribution in [0.1, 0.15) is 46.5 Å². The molecule has 0 aliphatic heterocycles. The third-order valence-electron chi connectivity index (χ3n) is 1.46. The van der Waals surface area contributed by atoms with Crippen molar-refractivity contribution in [1.29, 1.82) is 0 Å². The molecule has 0 aromatic rings. The van der Waals surface area contributed by atoms with Gasteiger partial charge in [0, 0.05) is 6.42 Å². The van der Waals surface area contributed by atoms with Gasteiger partial charge in [0.15, 0.2) is 0 Å². The Bertz CT molecular complexity index is 149. The zero-order chi connectivity index (χ0) is 10.3. The Morgan fingerprint density at radius 2 is 1.85 bits per heavy atom. The van der Waals surface area contributed by atoms with Crippen molar-refractivity contribution in [2.24, 2.45) is 0 Å². The molecule has 0 saturated carbocycles. The number of thiol groups is 1. The molecule has 0 atom stereocenters. The van der Waals surface area contributed by atoms with Crippen molar-refractivity contribution >= 4 is 18.6 Å². The molecule has 0 unspecified atom stereocenters. The van der Waals surface area contributed by atoms with Crippen LogP contribution >= 0.6 is 12.6 Å². The van der Waals surface area contributed by atoms with Crippen LogP contribution in [0.5, 0.6) is 0 Å². The van der Waals surface area contributed by atoms with Crippen molar-refractivity contribution in [3.63, 3.8) is 0 Å². The van der Waals surface area contributed by atoms with Gasteiger partial charge in [-0.3, -0.25) is 4.79 Å². The largest absolute Gasteiger partial charge is 0.460 e. The molecule has 0 heterocycles. The Morgan fingerprint density at radius 1 is 1.23 bits per heavy atom. The van der Waals surface area contributed by atoms with Crippen molar-refractivity contribution in [2.45, 2.75) is 52.1 Å². The Labute approximate surface area is 86.5 Å². The van der Waals surface area contributed by atoms with Gasteiger partial charge < -0.3 is 4.74 Å². The number of rotatable bonds is 5. The minimum atomic E-state index is -0.347. The maximum Gasteiger partial charge on any atom is 0.306 e. The third-order valence-corrected chi connectivity index (χ3v) is 1.78. The van der Waals surface area contributed by atoms with Crippen LogP contribution < -0.4 is 0 Å². The molecule has 0 N–H and O–H groups in total. The molecule has 0 rings (SSSR count). The van der Waals surface area contributed by atoms with E-state index in [1.807, 2.05) is 20.8 Å². The third kappa shape index (κ3) is 9.74. The van der Waals surface area contributed by atoms with Gasteiger partial charge in [-0.25, -0.2) is 0 Å². The van der Waals surface area contributed by atoms with Gasteiger partial charge in [0.05, 0.1) is 0 Å². The highest BCUT2D eigenvalue weighted by Crippen LogP contribution is 2.10. The first kappa shape index (κ1) is 12.8. The van der Waals surface area contributed by atoms with Gasteiger partial charge in [0.25, 0.3) is 0 Å². The number of hydrogen-bond acceptors (Lipinski definition) is 3. The summed E-state index contributed by atoms with van der Waals surface area (Å²) in [6.45, 7) is 5.66. The van der Waals surface area contributed by atoms with Crippen molar-refractivity contribution in [3.05, 3.63) is 0 Å². The molecule has 2 nitrogen and oxygen atoms in total. The van der Waals surface area contributed by atoms with E-state index in [-0.39, 0.29) is 11.6 Å². The molecule has 0 saturated heterocycles. The van der Waals surface area contributed by atoms with E-state index in [1.54, 1.807) is 0 Å². The molecule has 0 radical (unpaired) electrons. The van der Waals surface area contributed by atoms with Crippen LogP contribution in [0.4, 0.5) is 0 Å². The van der Waals surface area contributed by atoms with Crippen LogP contribution in [-0.4, -0.2) is 17.3 Å². The fraction of sp³-hybridized carbons (Fsp3) is 0.900. The lowest BCUT2D eigenvalue weighted by Crippen LogP contribution is -2.23. The number of esters is 1. The van der Waals surface area contributed by atoms with Gasteiger partial charge in [0.2, 0.25) is 0 Å². The van der Waals surface area contributed by atoms with Gasteiger partial charge in [-0.2, -0.15) is 12.6 Å². The zero-order valence-corrected chi connectivity index (χ0v) is 9.69. The highest BCUT2D eigenvalue weighted by Gasteiger charge is 2.15. The summed E-state index contributed by atoms with van der Waals surface area (Å²) in [5.74, 6) is 0.806. The van der Waals surface area contributed by atoms with Gasteiger partial charge in [0.1, 0.15) is 5.60 Å². The molecule has 0 bridgehead atoms. The standard InChI is InChI=1S/C10H20O2S/c1-10(2,3)12-9(11)7-5-4-6-8-13/h13H,4-8H2,1-3H3. The summed E-state index contributed by atoms with van der Waals surface area (Å²) in [4.78, 5) is 11.2. The van der Waals surface area contributed by atoms with E-state index in [0.717, 1.165) is 25.0 Å². The maximum atomic E-state index is 11.2. The molecule has 0 aromatic heterocycles. The van der Waals surface area contributed by atoms with Crippen LogP contribution in [0.2, 0.25) is 0 Å². The summed E-state index contributed by atoms with van der Waals surface area (Å²) in [5.41, 5.74) is -0.347. The van der Waals surface area contributed by atoms with E-state index in [0.29, 0.717) is 6.42 Å². The number of unbranched alkanes of at least 4 members (excludes halogenated alkanes) is 2. The number of hydrogen-bond donors (Lipinski definition) is 1. The molecule has 0 aliphatic rings. The molecule has 0 aromatic carbocycles. The number of ether oxygens (including phenoxy) is 1. The zero-order valence-electron chi connectivity index (χ0n) is 8.80. The fourth-order valence-corrected chi connectivity index (χ4v) is 1.17. The molecular formula is C10H20O2S. The van der Waals surface area contributed by atoms with Gasteiger partial charge in [-0.15, -0.1) is 0 Å². The van der Waals surface area contributed by atoms with E-state index in [4.69, 9.17) is 4.74 Å². The first-order chi connectivity index (χ1) is 5.95. The second-order valence-corrected chi connectivity index (χ2v) is 4.57. The molecule has 0 aliphatic carbocycles. The Hall–Kier alpha value is -0.180. The van der Waals surface area contributed by atoms with Gasteiger partial charge >= 0.3 is 5.97 Å². The monoisotopic (exact) mass is 204 g/mol. The smallest absolute Gasteiger partial charge is 0.306 e. The molecule has 0 amide bonds. The second kappa shape index (κ2) is 6.30. The highest BCUT2D eigenvalue weighted by atomic mass is 32.1. The normalized spacial score (nSPS) is 11.4. The maximum absolute atomic E-state index is 11.2. The van der Waals surface area contributed by atoms with Crippen LogP contribution in [0, 0.1) is 0 Å². The topological polar surface area (TPSA) is 26.3 Å². The van der Waals surface area contributed by atoms with Crippen molar-refractivity contribution in [2.75, 3.05) is 5.75 Å². The van der Waals surface area contributed by atoms with E-state index < -0.39 is 0 Å². The highest BCUT2D eigenvalue weighted by molar-refractivity contribution is 7.80. The van der Waals surface area contributed by atoms with Crippen LogP contribution in [0.3, 0.4) is 0 Å². The summed E-state index contributed by atoms with van der Waals surface area (Å²) in [5, 5.41) is 0. The van der Waals surface area contributed by atoms with E-state index in [9.17, 15) is 4.79 Å². The Balaban J connectivity index is 3.41. The van der Waals surface area contributed by atoms with Crippen LogP contribution in [-0.2, 0) is 9.53 Å². The van der Waals surface area contributed by atoms with Crippen molar-refractivity contribution < 1.29 is 9.53 Å². The molecule has 13 heavy (non-hydrogen) atoms. The Kier molecular flexibility index (Phi) is 6.21. The first-order valence-electron chi connectivity index (χ1n) is 4.78. The molecular weight excluding hydrogens is 184 g/mol. The first-order valence-corrected chi connectivity index (χ1v) is 5.41. The number of carbonyl (C=O) groups excluding carboxylic acids is 1. The lowest BCUT2D eigenvalue weighted by Gasteiger charge is -2.19. The fourth-order valence-electron chi connectivity index (χ4n) is 0.950. The average molecular weight is 204 g/mol. The predicted molar refractivity (Wildman–Crippen MR) is 58.2 cm³/mol.